The van der Waals surface area contributed by atoms with Crippen LogP contribution in [0.15, 0.2) is 30.5 Å². The van der Waals surface area contributed by atoms with Gasteiger partial charge in [0.15, 0.2) is 5.82 Å². The average Bonchev–Trinajstić information content (AvgIpc) is 3.45. The van der Waals surface area contributed by atoms with Gasteiger partial charge in [-0.25, -0.2) is 14.6 Å². The maximum absolute atomic E-state index is 13.3. The van der Waals surface area contributed by atoms with Gasteiger partial charge in [0.2, 0.25) is 5.95 Å². The number of amides is 2. The molecule has 1 aliphatic heterocycles. The van der Waals surface area contributed by atoms with Gasteiger partial charge < -0.3 is 29.9 Å². The molecule has 1 saturated heterocycles. The third-order valence-electron chi connectivity index (χ3n) is 6.26. The summed E-state index contributed by atoms with van der Waals surface area (Å²) < 4.78 is 50.2. The van der Waals surface area contributed by atoms with Crippen LogP contribution in [0.25, 0.3) is 0 Å². The van der Waals surface area contributed by atoms with Gasteiger partial charge in [0.05, 0.1) is 6.20 Å². The average molecular weight is 595 g/mol. The first-order chi connectivity index (χ1) is 19.7. The summed E-state index contributed by atoms with van der Waals surface area (Å²) in [5.74, 6) is -2.56. The van der Waals surface area contributed by atoms with Gasteiger partial charge in [-0.1, -0.05) is 12.1 Å². The van der Waals surface area contributed by atoms with Crippen LogP contribution in [-0.2, 0) is 20.7 Å². The Morgan fingerprint density at radius 3 is 2.21 bits per heavy atom. The maximum Gasteiger partial charge on any atom is 0.471 e. The molecule has 0 saturated carbocycles. The number of rotatable bonds is 10. The van der Waals surface area contributed by atoms with E-state index in [1.54, 1.807) is 60.2 Å². The van der Waals surface area contributed by atoms with Gasteiger partial charge in [0.1, 0.15) is 23.1 Å². The van der Waals surface area contributed by atoms with E-state index in [-0.39, 0.29) is 23.9 Å². The van der Waals surface area contributed by atoms with Crippen LogP contribution in [0.5, 0.6) is 5.75 Å². The molecule has 0 radical (unpaired) electrons. The lowest BCUT2D eigenvalue weighted by Gasteiger charge is -2.26. The Bertz CT molecular complexity index is 1240. The van der Waals surface area contributed by atoms with Gasteiger partial charge in [0.25, 0.3) is 0 Å². The van der Waals surface area contributed by atoms with Crippen molar-refractivity contribution in [3.05, 3.63) is 36.0 Å². The molecule has 2 N–H and O–H groups in total. The lowest BCUT2D eigenvalue weighted by molar-refractivity contribution is -0.167. The summed E-state index contributed by atoms with van der Waals surface area (Å²) in [7, 11) is 0. The Kier molecular flexibility index (Phi) is 10.6. The molecule has 11 nitrogen and oxygen atoms in total. The molecular weight excluding hydrogens is 557 g/mol. The second-order valence-electron chi connectivity index (χ2n) is 10.7. The SMILES string of the molecule is CCN(CC)c1ncc(NC(=O)C(F)(F)F)c(N[C@@H](Cc2ccc(OC(=O)N3CCCC3)cc2)C(=O)OC(C)(C)C)n1. The molecule has 42 heavy (non-hydrogen) atoms. The Labute approximate surface area is 242 Å². The van der Waals surface area contributed by atoms with Crippen molar-refractivity contribution < 1.29 is 37.0 Å². The van der Waals surface area contributed by atoms with Crippen molar-refractivity contribution in [2.75, 3.05) is 41.7 Å². The topological polar surface area (TPSA) is 126 Å². The Morgan fingerprint density at radius 2 is 1.67 bits per heavy atom. The highest BCUT2D eigenvalue weighted by Gasteiger charge is 2.39. The number of anilines is 3. The fraction of sp³-hybridized carbons (Fsp3) is 0.536. The Morgan fingerprint density at radius 1 is 1.05 bits per heavy atom. The minimum atomic E-state index is -5.15. The molecule has 230 valence electrons. The smallest absolute Gasteiger partial charge is 0.458 e. The maximum atomic E-state index is 13.3. The first-order valence-electron chi connectivity index (χ1n) is 13.8. The van der Waals surface area contributed by atoms with Crippen LogP contribution in [0.4, 0.5) is 35.4 Å². The summed E-state index contributed by atoms with van der Waals surface area (Å²) in [6, 6.07) is 5.39. The van der Waals surface area contributed by atoms with Crippen LogP contribution in [0.3, 0.4) is 0 Å². The Hall–Kier alpha value is -4.10. The summed E-state index contributed by atoms with van der Waals surface area (Å²) in [6.45, 7) is 11.1. The molecule has 0 unspecified atom stereocenters. The molecule has 2 aromatic rings. The number of carbonyl (C=O) groups is 3. The molecule has 14 heteroatoms. The number of hydrogen-bond acceptors (Lipinski definition) is 9. The molecule has 1 aromatic carbocycles. The van der Waals surface area contributed by atoms with E-state index in [9.17, 15) is 27.6 Å². The van der Waals surface area contributed by atoms with Crippen LogP contribution in [0, 0.1) is 0 Å². The summed E-state index contributed by atoms with van der Waals surface area (Å²) >= 11 is 0. The van der Waals surface area contributed by atoms with Crippen molar-refractivity contribution in [3.8, 4) is 5.75 Å². The van der Waals surface area contributed by atoms with Gasteiger partial charge in [-0.05, 0) is 65.2 Å². The molecule has 2 amide bonds. The monoisotopic (exact) mass is 594 g/mol. The van der Waals surface area contributed by atoms with Crippen molar-refractivity contribution in [2.45, 2.75) is 71.7 Å². The third-order valence-corrected chi connectivity index (χ3v) is 6.26. The van der Waals surface area contributed by atoms with Crippen molar-refractivity contribution in [1.29, 1.82) is 0 Å². The van der Waals surface area contributed by atoms with E-state index < -0.39 is 35.8 Å². The molecule has 3 rings (SSSR count). The minimum Gasteiger partial charge on any atom is -0.458 e. The second-order valence-corrected chi connectivity index (χ2v) is 10.7. The lowest BCUT2D eigenvalue weighted by Crippen LogP contribution is -2.39. The van der Waals surface area contributed by atoms with E-state index in [0.717, 1.165) is 19.0 Å². The lowest BCUT2D eigenvalue weighted by atomic mass is 10.0. The summed E-state index contributed by atoms with van der Waals surface area (Å²) in [5, 5.41) is 4.66. The number of nitrogens with zero attached hydrogens (tertiary/aromatic N) is 4. The van der Waals surface area contributed by atoms with Crippen LogP contribution < -0.4 is 20.3 Å². The number of likely N-dealkylation sites (tertiary alicyclic amines) is 1. The number of esters is 1. The zero-order chi connectivity index (χ0) is 31.1. The van der Waals surface area contributed by atoms with Gasteiger partial charge in [-0.2, -0.15) is 18.2 Å². The highest BCUT2D eigenvalue weighted by molar-refractivity contribution is 5.97. The van der Waals surface area contributed by atoms with Crippen LogP contribution in [0.2, 0.25) is 0 Å². The van der Waals surface area contributed by atoms with E-state index in [4.69, 9.17) is 9.47 Å². The van der Waals surface area contributed by atoms with Crippen molar-refractivity contribution >= 4 is 35.4 Å². The number of alkyl halides is 3. The highest BCUT2D eigenvalue weighted by Crippen LogP contribution is 2.27. The predicted molar refractivity (Wildman–Crippen MR) is 151 cm³/mol. The molecule has 1 aromatic heterocycles. The number of nitrogens with one attached hydrogen (secondary N) is 2. The molecular formula is C28H37F3N6O5. The normalized spacial score (nSPS) is 14.2. The quantitative estimate of drug-likeness (QED) is 0.374. The Balaban J connectivity index is 1.90. The number of benzene rings is 1. The number of ether oxygens (including phenoxy) is 2. The molecule has 1 aliphatic rings. The molecule has 1 fully saturated rings. The first kappa shape index (κ1) is 32.4. The van der Waals surface area contributed by atoms with Crippen LogP contribution in [0.1, 0.15) is 53.0 Å². The largest absolute Gasteiger partial charge is 0.471 e. The van der Waals surface area contributed by atoms with E-state index in [1.165, 1.54) is 0 Å². The minimum absolute atomic E-state index is 0.0343. The van der Waals surface area contributed by atoms with Gasteiger partial charge in [-0.15, -0.1) is 0 Å². The highest BCUT2D eigenvalue weighted by atomic mass is 19.4. The van der Waals surface area contributed by atoms with Gasteiger partial charge in [-0.3, -0.25) is 4.79 Å². The van der Waals surface area contributed by atoms with Crippen LogP contribution in [-0.4, -0.2) is 76.8 Å². The number of carbonyl (C=O) groups excluding carboxylic acids is 3. The second kappa shape index (κ2) is 13.7. The molecule has 1 atom stereocenters. The first-order valence-corrected chi connectivity index (χ1v) is 13.8. The summed E-state index contributed by atoms with van der Waals surface area (Å²) in [6.07, 6.45) is -2.64. The van der Waals surface area contributed by atoms with E-state index >= 15 is 0 Å². The molecule has 0 aliphatic carbocycles. The van der Waals surface area contributed by atoms with E-state index in [2.05, 4.69) is 15.3 Å². The van der Waals surface area contributed by atoms with E-state index in [0.29, 0.717) is 37.5 Å². The van der Waals surface area contributed by atoms with E-state index in [1.807, 2.05) is 13.8 Å². The van der Waals surface area contributed by atoms with Gasteiger partial charge in [0, 0.05) is 32.6 Å². The summed E-state index contributed by atoms with van der Waals surface area (Å²) in [4.78, 5) is 49.2. The zero-order valence-corrected chi connectivity index (χ0v) is 24.4. The predicted octanol–water partition coefficient (Wildman–Crippen LogP) is 4.78. The van der Waals surface area contributed by atoms with Crippen molar-refractivity contribution in [1.82, 2.24) is 14.9 Å². The molecule has 0 bridgehead atoms. The fourth-order valence-electron chi connectivity index (χ4n) is 4.15. The van der Waals surface area contributed by atoms with Crippen LogP contribution >= 0.6 is 0 Å². The standard InChI is InChI=1S/C28H37F3N6O5/c1-6-36(7-2)25-32-17-21(34-24(39)28(29,30)31)22(35-25)33-20(23(38)42-27(3,4)5)16-18-10-12-19(13-11-18)41-26(40)37-14-8-9-15-37/h10-13,17,20H,6-9,14-16H2,1-5H3,(H,34,39)(H,32,33,35)/t20-/m0/s1. The zero-order valence-electron chi connectivity index (χ0n) is 24.4. The molecule has 2 heterocycles. The van der Waals surface area contributed by atoms with Crippen molar-refractivity contribution in [3.63, 3.8) is 0 Å². The molecule has 0 spiro atoms. The fourth-order valence-corrected chi connectivity index (χ4v) is 4.15. The van der Waals surface area contributed by atoms with Crippen molar-refractivity contribution in [2.24, 2.45) is 0 Å². The number of aromatic nitrogens is 2. The number of halogens is 3. The summed E-state index contributed by atoms with van der Waals surface area (Å²) in [5.41, 5.74) is -0.583. The number of hydrogen-bond donors (Lipinski definition) is 2. The third kappa shape index (κ3) is 9.21. The van der Waals surface area contributed by atoms with Gasteiger partial charge >= 0.3 is 24.1 Å².